The summed E-state index contributed by atoms with van der Waals surface area (Å²) in [5.74, 6) is 0.00811. The van der Waals surface area contributed by atoms with E-state index in [0.717, 1.165) is 29.3 Å². The molecule has 0 aliphatic heterocycles. The number of H-pyrrole nitrogens is 1. The van der Waals surface area contributed by atoms with Crippen LogP contribution in [0.3, 0.4) is 0 Å². The van der Waals surface area contributed by atoms with Crippen molar-refractivity contribution in [3.63, 3.8) is 0 Å². The third-order valence-corrected chi connectivity index (χ3v) is 5.53. The Morgan fingerprint density at radius 2 is 1.87 bits per heavy atom. The fourth-order valence-corrected chi connectivity index (χ4v) is 4.27. The molecular weight excluding hydrogens is 380 g/mol. The molecule has 1 aliphatic rings. The number of hydrogen-bond acceptors (Lipinski definition) is 4. The van der Waals surface area contributed by atoms with Crippen molar-refractivity contribution in [1.82, 2.24) is 10.3 Å². The minimum absolute atomic E-state index is 0.259. The second kappa shape index (κ2) is 9.54. The van der Waals surface area contributed by atoms with E-state index in [9.17, 15) is 9.59 Å². The number of fused-ring (bicyclic) bond motifs is 1. The topological polar surface area (TPSA) is 80.4 Å². The number of carbonyl (C=O) groups is 2. The first-order chi connectivity index (χ1) is 14.3. The number of rotatable bonds is 6. The predicted molar refractivity (Wildman–Crippen MR) is 118 cm³/mol. The molecule has 0 radical (unpaired) electrons. The SMILES string of the molecule is CCOC(=O)C(Cc1c(C2CCCCC2)[nH]c2ccccc12)NC(=O)OC(C)(C)C. The molecule has 30 heavy (non-hydrogen) atoms. The molecule has 2 N–H and O–H groups in total. The Bertz CT molecular complexity index is 875. The predicted octanol–water partition coefficient (Wildman–Crippen LogP) is 5.21. The summed E-state index contributed by atoms with van der Waals surface area (Å²) < 4.78 is 10.6. The van der Waals surface area contributed by atoms with Crippen molar-refractivity contribution in [2.45, 2.75) is 83.8 Å². The van der Waals surface area contributed by atoms with Crippen LogP contribution in [-0.4, -0.2) is 35.3 Å². The van der Waals surface area contributed by atoms with Gasteiger partial charge < -0.3 is 19.8 Å². The van der Waals surface area contributed by atoms with E-state index in [1.54, 1.807) is 27.7 Å². The zero-order valence-corrected chi connectivity index (χ0v) is 18.5. The molecule has 1 aromatic carbocycles. The van der Waals surface area contributed by atoms with Crippen molar-refractivity contribution < 1.29 is 19.1 Å². The van der Waals surface area contributed by atoms with E-state index in [1.165, 1.54) is 25.0 Å². The molecule has 1 unspecified atom stereocenters. The van der Waals surface area contributed by atoms with Crippen LogP contribution >= 0.6 is 0 Å². The molecule has 6 heteroatoms. The maximum atomic E-state index is 12.7. The molecule has 1 aliphatic carbocycles. The van der Waals surface area contributed by atoms with Crippen molar-refractivity contribution in [2.24, 2.45) is 0 Å². The first-order valence-electron chi connectivity index (χ1n) is 11.0. The molecule has 6 nitrogen and oxygen atoms in total. The number of aromatic nitrogens is 1. The minimum Gasteiger partial charge on any atom is -0.464 e. The zero-order valence-electron chi connectivity index (χ0n) is 18.5. The summed E-state index contributed by atoms with van der Waals surface area (Å²) >= 11 is 0. The number of nitrogens with one attached hydrogen (secondary N) is 2. The third kappa shape index (κ3) is 5.55. The maximum Gasteiger partial charge on any atom is 0.408 e. The van der Waals surface area contributed by atoms with E-state index < -0.39 is 23.7 Å². The van der Waals surface area contributed by atoms with Crippen LogP contribution < -0.4 is 5.32 Å². The Morgan fingerprint density at radius 3 is 2.53 bits per heavy atom. The molecule has 1 saturated carbocycles. The molecule has 1 fully saturated rings. The number of hydrogen-bond donors (Lipinski definition) is 2. The number of aromatic amines is 1. The average Bonchev–Trinajstić information content (AvgIpc) is 3.05. The number of para-hydroxylation sites is 1. The Balaban J connectivity index is 1.92. The lowest BCUT2D eigenvalue weighted by Crippen LogP contribution is -2.45. The van der Waals surface area contributed by atoms with Crippen LogP contribution in [-0.2, 0) is 20.7 Å². The summed E-state index contributed by atoms with van der Waals surface area (Å²) in [6, 6.07) is 7.34. The van der Waals surface area contributed by atoms with Gasteiger partial charge in [0.25, 0.3) is 0 Å². The van der Waals surface area contributed by atoms with Gasteiger partial charge in [0.2, 0.25) is 0 Å². The van der Waals surface area contributed by atoms with E-state index >= 15 is 0 Å². The van der Waals surface area contributed by atoms with Crippen LogP contribution in [0, 0.1) is 0 Å². The van der Waals surface area contributed by atoms with Crippen LogP contribution in [0.1, 0.15) is 77.0 Å². The van der Waals surface area contributed by atoms with Crippen LogP contribution in [0.15, 0.2) is 24.3 Å². The number of alkyl carbamates (subject to hydrolysis) is 1. The summed E-state index contributed by atoms with van der Waals surface area (Å²) in [6.07, 6.45) is 5.76. The van der Waals surface area contributed by atoms with Crippen molar-refractivity contribution in [3.05, 3.63) is 35.5 Å². The van der Waals surface area contributed by atoms with Gasteiger partial charge in [-0.1, -0.05) is 37.5 Å². The summed E-state index contributed by atoms with van der Waals surface area (Å²) in [5.41, 5.74) is 2.70. The van der Waals surface area contributed by atoms with E-state index in [-0.39, 0.29) is 6.61 Å². The van der Waals surface area contributed by atoms with Crippen LogP contribution in [0.2, 0.25) is 0 Å². The molecule has 0 saturated heterocycles. The summed E-state index contributed by atoms with van der Waals surface area (Å²) in [4.78, 5) is 28.7. The van der Waals surface area contributed by atoms with Gasteiger partial charge in [0.15, 0.2) is 0 Å². The highest BCUT2D eigenvalue weighted by molar-refractivity contribution is 5.87. The summed E-state index contributed by atoms with van der Waals surface area (Å²) in [6.45, 7) is 7.42. The molecule has 1 atom stereocenters. The first-order valence-corrected chi connectivity index (χ1v) is 11.0. The number of ether oxygens (including phenoxy) is 2. The second-order valence-electron chi connectivity index (χ2n) is 9.05. The van der Waals surface area contributed by atoms with E-state index in [4.69, 9.17) is 9.47 Å². The molecule has 1 heterocycles. The van der Waals surface area contributed by atoms with Crippen LogP contribution in [0.25, 0.3) is 10.9 Å². The molecule has 1 aromatic heterocycles. The quantitative estimate of drug-likeness (QED) is 0.636. The second-order valence-corrected chi connectivity index (χ2v) is 9.05. The lowest BCUT2D eigenvalue weighted by Gasteiger charge is -2.25. The number of benzene rings is 1. The zero-order chi connectivity index (χ0) is 21.7. The molecule has 3 rings (SSSR count). The van der Waals surface area contributed by atoms with Crippen molar-refractivity contribution in [2.75, 3.05) is 6.61 Å². The molecule has 0 bridgehead atoms. The monoisotopic (exact) mass is 414 g/mol. The normalized spacial score (nSPS) is 16.3. The molecular formula is C24H34N2O4. The number of carbonyl (C=O) groups excluding carboxylic acids is 2. The number of esters is 1. The van der Waals surface area contributed by atoms with Crippen LogP contribution in [0.5, 0.6) is 0 Å². The highest BCUT2D eigenvalue weighted by Crippen LogP contribution is 2.37. The Hall–Kier alpha value is -2.50. The fraction of sp³-hybridized carbons (Fsp3) is 0.583. The van der Waals surface area contributed by atoms with Gasteiger partial charge in [0.1, 0.15) is 11.6 Å². The van der Waals surface area contributed by atoms with Gasteiger partial charge in [0, 0.05) is 23.0 Å². The minimum atomic E-state index is -0.804. The standard InChI is InChI=1S/C24H34N2O4/c1-5-29-22(27)20(26-23(28)30-24(2,3)4)15-18-17-13-9-10-14-19(17)25-21(18)16-11-7-6-8-12-16/h9-10,13-14,16,20,25H,5-8,11-12,15H2,1-4H3,(H,26,28). The van der Waals surface area contributed by atoms with E-state index in [1.807, 2.05) is 12.1 Å². The van der Waals surface area contributed by atoms with E-state index in [0.29, 0.717) is 12.3 Å². The lowest BCUT2D eigenvalue weighted by atomic mass is 9.84. The summed E-state index contributed by atoms with van der Waals surface area (Å²) in [5, 5.41) is 3.84. The van der Waals surface area contributed by atoms with Gasteiger partial charge in [-0.15, -0.1) is 0 Å². The Morgan fingerprint density at radius 1 is 1.17 bits per heavy atom. The van der Waals surface area contributed by atoms with Gasteiger partial charge in [-0.05, 0) is 58.1 Å². The van der Waals surface area contributed by atoms with Crippen molar-refractivity contribution >= 4 is 23.0 Å². The smallest absolute Gasteiger partial charge is 0.408 e. The van der Waals surface area contributed by atoms with Gasteiger partial charge in [-0.25, -0.2) is 9.59 Å². The van der Waals surface area contributed by atoms with Gasteiger partial charge in [-0.2, -0.15) is 0 Å². The lowest BCUT2D eigenvalue weighted by molar-refractivity contribution is -0.145. The number of amides is 1. The molecule has 164 valence electrons. The average molecular weight is 415 g/mol. The van der Waals surface area contributed by atoms with Crippen molar-refractivity contribution in [3.8, 4) is 0 Å². The summed E-state index contributed by atoms with van der Waals surface area (Å²) in [7, 11) is 0. The maximum absolute atomic E-state index is 12.7. The van der Waals surface area contributed by atoms with E-state index in [2.05, 4.69) is 22.4 Å². The van der Waals surface area contributed by atoms with Gasteiger partial charge in [-0.3, -0.25) is 0 Å². The first kappa shape index (κ1) is 22.2. The van der Waals surface area contributed by atoms with Crippen molar-refractivity contribution in [1.29, 1.82) is 0 Å². The third-order valence-electron chi connectivity index (χ3n) is 5.53. The van der Waals surface area contributed by atoms with Crippen LogP contribution in [0.4, 0.5) is 4.79 Å². The Labute approximate surface area is 178 Å². The highest BCUT2D eigenvalue weighted by atomic mass is 16.6. The Kier molecular flexibility index (Phi) is 7.06. The molecule has 2 aromatic rings. The van der Waals surface area contributed by atoms with Gasteiger partial charge in [0.05, 0.1) is 6.61 Å². The molecule has 0 spiro atoms. The van der Waals surface area contributed by atoms with Gasteiger partial charge >= 0.3 is 12.1 Å². The molecule has 1 amide bonds. The highest BCUT2D eigenvalue weighted by Gasteiger charge is 2.29. The fourth-order valence-electron chi connectivity index (χ4n) is 4.27. The largest absolute Gasteiger partial charge is 0.464 e.